The first-order valence-electron chi connectivity index (χ1n) is 8.39. The molecule has 0 saturated carbocycles. The molecule has 23 heavy (non-hydrogen) atoms. The zero-order valence-electron chi connectivity index (χ0n) is 14.6. The predicted octanol–water partition coefficient (Wildman–Crippen LogP) is 4.43. The first-order valence-corrected chi connectivity index (χ1v) is 9.20. The van der Waals surface area contributed by atoms with E-state index in [1.807, 2.05) is 0 Å². The predicted molar refractivity (Wildman–Crippen MR) is 103 cm³/mol. The zero-order chi connectivity index (χ0) is 17.1. The monoisotopic (exact) mass is 413 g/mol. The fraction of sp³-hybridized carbons (Fsp3) is 0.875. The second-order valence-electron chi connectivity index (χ2n) is 5.16. The fourth-order valence-corrected chi connectivity index (χ4v) is 1.92. The summed E-state index contributed by atoms with van der Waals surface area (Å²) >= 11 is 9.10. The Morgan fingerprint density at radius 1 is 0.652 bits per heavy atom. The number of nitrogens with two attached hydrogens (primary N) is 2. The van der Waals surface area contributed by atoms with Crippen LogP contribution in [-0.2, 0) is 26.5 Å². The molecule has 4 nitrogen and oxygen atoms in total. The van der Waals surface area contributed by atoms with Gasteiger partial charge in [-0.05, 0) is 37.3 Å². The summed E-state index contributed by atoms with van der Waals surface area (Å²) in [7, 11) is 0. The summed E-state index contributed by atoms with van der Waals surface area (Å²) in [4.78, 5) is 0. The van der Waals surface area contributed by atoms with Crippen molar-refractivity contribution < 1.29 is 26.5 Å². The van der Waals surface area contributed by atoms with Crippen molar-refractivity contribution in [3.05, 3.63) is 0 Å². The Kier molecular flexibility index (Phi) is 29.1. The summed E-state index contributed by atoms with van der Waals surface area (Å²) in [6.07, 6.45) is 12.3. The molecule has 0 heterocycles. The molecule has 0 aromatic heterocycles. The van der Waals surface area contributed by atoms with Crippen LogP contribution < -0.4 is 11.5 Å². The molecule has 7 heteroatoms. The van der Waals surface area contributed by atoms with Crippen LogP contribution in [0, 0.1) is 0 Å². The van der Waals surface area contributed by atoms with Gasteiger partial charge in [-0.25, -0.2) is 0 Å². The Hall–Kier alpha value is -0.101. The maximum Gasteiger partial charge on any atom is 0.253 e. The SMILES string of the molecule is CCCCCCCOC(N)=S.CCCCCCCOC(N)=S.[Cu]. The van der Waals surface area contributed by atoms with Crippen molar-refractivity contribution in [1.82, 2.24) is 0 Å². The molecule has 0 unspecified atom stereocenters. The molecule has 0 fully saturated rings. The van der Waals surface area contributed by atoms with E-state index >= 15 is 0 Å². The minimum Gasteiger partial charge on any atom is -0.471 e. The van der Waals surface area contributed by atoms with Gasteiger partial charge in [0.15, 0.2) is 0 Å². The Morgan fingerprint density at radius 3 is 1.22 bits per heavy atom. The third kappa shape index (κ3) is 34.3. The largest absolute Gasteiger partial charge is 0.471 e. The maximum absolute atomic E-state index is 5.14. The second kappa shape index (κ2) is 24.2. The topological polar surface area (TPSA) is 70.5 Å². The summed E-state index contributed by atoms with van der Waals surface area (Å²) in [5, 5.41) is 0.334. The van der Waals surface area contributed by atoms with E-state index in [-0.39, 0.29) is 27.4 Å². The number of hydrogen-bond acceptors (Lipinski definition) is 4. The van der Waals surface area contributed by atoms with Crippen molar-refractivity contribution in [3.8, 4) is 0 Å². The smallest absolute Gasteiger partial charge is 0.253 e. The van der Waals surface area contributed by atoms with Crippen LogP contribution in [0.5, 0.6) is 0 Å². The number of hydrogen-bond donors (Lipinski definition) is 2. The minimum absolute atomic E-state index is 0. The van der Waals surface area contributed by atoms with Crippen LogP contribution in [0.25, 0.3) is 0 Å². The van der Waals surface area contributed by atoms with Crippen LogP contribution in [0.15, 0.2) is 0 Å². The van der Waals surface area contributed by atoms with E-state index in [2.05, 4.69) is 38.3 Å². The molecular weight excluding hydrogens is 380 g/mol. The van der Waals surface area contributed by atoms with Crippen molar-refractivity contribution in [2.45, 2.75) is 78.1 Å². The molecule has 0 aliphatic heterocycles. The molecule has 0 rings (SSSR count). The molecule has 4 N–H and O–H groups in total. The van der Waals surface area contributed by atoms with Crippen LogP contribution in [0.3, 0.4) is 0 Å². The number of thiocarbonyl (C=S) groups is 2. The van der Waals surface area contributed by atoms with Crippen molar-refractivity contribution in [3.63, 3.8) is 0 Å². The van der Waals surface area contributed by atoms with E-state index < -0.39 is 0 Å². The van der Waals surface area contributed by atoms with Gasteiger partial charge < -0.3 is 20.9 Å². The van der Waals surface area contributed by atoms with Gasteiger partial charge in [-0.1, -0.05) is 65.2 Å². The quantitative estimate of drug-likeness (QED) is 0.280. The Labute approximate surface area is 163 Å². The van der Waals surface area contributed by atoms with E-state index in [4.69, 9.17) is 20.9 Å². The average Bonchev–Trinajstić information content (AvgIpc) is 2.46. The molecule has 0 amide bonds. The van der Waals surface area contributed by atoms with Gasteiger partial charge in [0, 0.05) is 17.1 Å². The van der Waals surface area contributed by atoms with Gasteiger partial charge in [-0.15, -0.1) is 0 Å². The van der Waals surface area contributed by atoms with Gasteiger partial charge in [0.25, 0.3) is 10.3 Å². The molecule has 0 atom stereocenters. The average molecular weight is 414 g/mol. The maximum atomic E-state index is 5.14. The molecule has 1 radical (unpaired) electrons. The summed E-state index contributed by atoms with van der Waals surface area (Å²) in [5.74, 6) is 0. The zero-order valence-corrected chi connectivity index (χ0v) is 17.1. The fourth-order valence-electron chi connectivity index (χ4n) is 1.76. The van der Waals surface area contributed by atoms with Crippen LogP contribution >= 0.6 is 24.4 Å². The van der Waals surface area contributed by atoms with Gasteiger partial charge in [0.1, 0.15) is 0 Å². The van der Waals surface area contributed by atoms with Crippen molar-refractivity contribution in [1.29, 1.82) is 0 Å². The first kappa shape index (κ1) is 27.7. The summed E-state index contributed by atoms with van der Waals surface area (Å²) in [6.45, 7) is 5.76. The Bertz CT molecular complexity index is 244. The molecule has 0 aromatic rings. The van der Waals surface area contributed by atoms with Crippen LogP contribution in [0.1, 0.15) is 78.1 Å². The van der Waals surface area contributed by atoms with E-state index in [1.54, 1.807) is 0 Å². The first-order chi connectivity index (χ1) is 10.5. The van der Waals surface area contributed by atoms with E-state index in [0.717, 1.165) is 12.8 Å². The van der Waals surface area contributed by atoms with Crippen LogP contribution in [0.4, 0.5) is 0 Å². The normalized spacial score (nSPS) is 9.13. The van der Waals surface area contributed by atoms with E-state index in [9.17, 15) is 0 Å². The Balaban J connectivity index is -0.000000333. The van der Waals surface area contributed by atoms with Crippen LogP contribution in [0.2, 0.25) is 0 Å². The molecule has 0 spiro atoms. The van der Waals surface area contributed by atoms with Crippen LogP contribution in [-0.4, -0.2) is 23.6 Å². The number of ether oxygens (including phenoxy) is 2. The molecular formula is C16H34CuN2O2S2. The summed E-state index contributed by atoms with van der Waals surface area (Å²) in [6, 6.07) is 0. The third-order valence-corrected chi connectivity index (χ3v) is 3.22. The van der Waals surface area contributed by atoms with Gasteiger partial charge in [-0.2, -0.15) is 0 Å². The molecule has 0 aliphatic carbocycles. The van der Waals surface area contributed by atoms with Gasteiger partial charge >= 0.3 is 0 Å². The van der Waals surface area contributed by atoms with Gasteiger partial charge in [0.2, 0.25) is 0 Å². The summed E-state index contributed by atoms with van der Waals surface area (Å²) < 4.78 is 9.86. The Morgan fingerprint density at radius 2 is 0.957 bits per heavy atom. The van der Waals surface area contributed by atoms with Crippen molar-refractivity contribution in [2.24, 2.45) is 11.5 Å². The van der Waals surface area contributed by atoms with Crippen molar-refractivity contribution >= 4 is 34.8 Å². The molecule has 143 valence electrons. The summed E-state index contributed by atoms with van der Waals surface area (Å²) in [5.41, 5.74) is 10.3. The van der Waals surface area contributed by atoms with Gasteiger partial charge in [-0.3, -0.25) is 0 Å². The van der Waals surface area contributed by atoms with Gasteiger partial charge in [0.05, 0.1) is 13.2 Å². The molecule has 0 bridgehead atoms. The van der Waals surface area contributed by atoms with E-state index in [0.29, 0.717) is 13.2 Å². The standard InChI is InChI=1S/2C8H17NOS.Cu/c2*1-2-3-4-5-6-7-10-8(9)11;/h2*2-7H2,1H3,(H2,9,11);. The number of rotatable bonds is 12. The van der Waals surface area contributed by atoms with Crippen molar-refractivity contribution in [2.75, 3.05) is 13.2 Å². The molecule has 0 aliphatic rings. The van der Waals surface area contributed by atoms with E-state index in [1.165, 1.54) is 51.4 Å². The molecule has 0 aromatic carbocycles. The second-order valence-corrected chi connectivity index (χ2v) is 5.97. The minimum atomic E-state index is 0. The molecule has 0 saturated heterocycles. The third-order valence-electron chi connectivity index (χ3n) is 2.98. The number of unbranched alkanes of at least 4 members (excludes halogenated alkanes) is 8.